The van der Waals surface area contributed by atoms with Crippen LogP contribution in [0.2, 0.25) is 0 Å². The average molecular weight is 870 g/mol. The number of nitrogens with one attached hydrogen (secondary N) is 5. The fourth-order valence-electron chi connectivity index (χ4n) is 8.29. The van der Waals surface area contributed by atoms with Gasteiger partial charge in [-0.1, -0.05) is 103 Å². The largest absolute Gasteiger partial charge is 0.378 e. The predicted octanol–water partition coefficient (Wildman–Crippen LogP) is 3.05. The summed E-state index contributed by atoms with van der Waals surface area (Å²) in [6, 6.07) is 30.8. The van der Waals surface area contributed by atoms with E-state index in [1.807, 2.05) is 78.9 Å². The van der Waals surface area contributed by atoms with Crippen molar-refractivity contribution in [3.8, 4) is 11.1 Å². The molecule has 0 radical (unpaired) electrons. The summed E-state index contributed by atoms with van der Waals surface area (Å²) in [5.74, 6) is -2.67. The van der Waals surface area contributed by atoms with Crippen molar-refractivity contribution < 1.29 is 33.5 Å². The van der Waals surface area contributed by atoms with Crippen LogP contribution in [0.25, 0.3) is 11.1 Å². The molecule has 6 rings (SSSR count). The zero-order valence-electron chi connectivity index (χ0n) is 36.4. The highest BCUT2D eigenvalue weighted by Crippen LogP contribution is 2.35. The van der Waals surface area contributed by atoms with Crippen LogP contribution in [-0.4, -0.2) is 98.4 Å². The minimum absolute atomic E-state index is 0.0180. The van der Waals surface area contributed by atoms with Gasteiger partial charge in [0.05, 0.1) is 25.0 Å². The Balaban J connectivity index is 1.31. The molecular formula is C50H59N7O7. The second kappa shape index (κ2) is 23.2. The molecule has 0 spiro atoms. The molecule has 7 N–H and O–H groups in total. The van der Waals surface area contributed by atoms with E-state index in [0.29, 0.717) is 50.1 Å². The maximum absolute atomic E-state index is 14.9. The van der Waals surface area contributed by atoms with Crippen LogP contribution in [0.1, 0.15) is 47.1 Å². The van der Waals surface area contributed by atoms with Crippen LogP contribution in [0.4, 0.5) is 0 Å². The molecule has 2 aliphatic heterocycles. The van der Waals surface area contributed by atoms with E-state index in [1.165, 1.54) is 6.08 Å². The lowest BCUT2D eigenvalue weighted by Gasteiger charge is -2.42. The first-order valence-electron chi connectivity index (χ1n) is 22.0. The van der Waals surface area contributed by atoms with Gasteiger partial charge in [-0.2, -0.15) is 0 Å². The lowest BCUT2D eigenvalue weighted by Crippen LogP contribution is -2.58. The Labute approximate surface area is 374 Å². The summed E-state index contributed by atoms with van der Waals surface area (Å²) >= 11 is 0. The van der Waals surface area contributed by atoms with Crippen molar-refractivity contribution in [3.05, 3.63) is 143 Å². The lowest BCUT2D eigenvalue weighted by molar-refractivity contribution is -0.141. The fraction of sp³-hybridized carbons (Fsp3) is 0.360. The van der Waals surface area contributed by atoms with Gasteiger partial charge in [0, 0.05) is 57.8 Å². The predicted molar refractivity (Wildman–Crippen MR) is 244 cm³/mol. The minimum Gasteiger partial charge on any atom is -0.378 e. The quantitative estimate of drug-likeness (QED) is 0.124. The van der Waals surface area contributed by atoms with Crippen molar-refractivity contribution in [2.24, 2.45) is 11.1 Å². The van der Waals surface area contributed by atoms with Crippen molar-refractivity contribution in [1.29, 1.82) is 0 Å². The van der Waals surface area contributed by atoms with Crippen LogP contribution >= 0.6 is 0 Å². The van der Waals surface area contributed by atoms with Gasteiger partial charge in [0.2, 0.25) is 35.4 Å². The molecule has 4 aromatic rings. The smallest absolute Gasteiger partial charge is 0.246 e. The van der Waals surface area contributed by atoms with Crippen LogP contribution in [0, 0.1) is 12.3 Å². The summed E-state index contributed by atoms with van der Waals surface area (Å²) in [7, 11) is 0. The standard InChI is InChI=1S/C50H59N7O7/c1-35-10-5-8-15-41(35)38-18-16-36(17-19-38)30-43-48(62)54-33-40-14-7-6-13-39(40)31-45(59)55-42(47(61)53-26-29-64-28-24-51)22-25-52-44(58)20-21-46(60)57-27-9-23-50(34-57,49(63)56-43)32-37-11-3-2-4-12-37/h2-8,10-21,42-43H,9,22-34,51H2,1H3,(H,52,58)(H,53,61)(H,54,62)(H,55,59)(H,56,63)/b21-20+/t42-,43-,50-/m0/s1. The zero-order valence-corrected chi connectivity index (χ0v) is 36.4. The highest BCUT2D eigenvalue weighted by atomic mass is 16.5. The lowest BCUT2D eigenvalue weighted by atomic mass is 9.74. The van der Waals surface area contributed by atoms with Gasteiger partial charge >= 0.3 is 0 Å². The molecule has 336 valence electrons. The summed E-state index contributed by atoms with van der Waals surface area (Å²) in [4.78, 5) is 84.5. The van der Waals surface area contributed by atoms with Crippen LogP contribution in [0.15, 0.2) is 115 Å². The second-order valence-electron chi connectivity index (χ2n) is 16.4. The Morgan fingerprint density at radius 1 is 0.828 bits per heavy atom. The van der Waals surface area contributed by atoms with E-state index in [2.05, 4.69) is 45.6 Å². The minimum atomic E-state index is -1.10. The van der Waals surface area contributed by atoms with E-state index in [0.717, 1.165) is 33.9 Å². The maximum Gasteiger partial charge on any atom is 0.246 e. The molecule has 2 bridgehead atoms. The van der Waals surface area contributed by atoms with Crippen molar-refractivity contribution >= 4 is 35.4 Å². The Morgan fingerprint density at radius 3 is 2.33 bits per heavy atom. The van der Waals surface area contributed by atoms with E-state index in [4.69, 9.17) is 10.5 Å². The molecule has 14 heteroatoms. The molecule has 1 saturated heterocycles. The van der Waals surface area contributed by atoms with Gasteiger partial charge in [0.1, 0.15) is 12.1 Å². The molecule has 4 aromatic carbocycles. The highest BCUT2D eigenvalue weighted by molar-refractivity contribution is 5.97. The van der Waals surface area contributed by atoms with Gasteiger partial charge in [0.25, 0.3) is 0 Å². The molecular weight excluding hydrogens is 811 g/mol. The number of aryl methyl sites for hydroxylation is 1. The number of hydrogen-bond acceptors (Lipinski definition) is 8. The van der Waals surface area contributed by atoms with Gasteiger partial charge in [-0.15, -0.1) is 0 Å². The molecule has 6 amide bonds. The summed E-state index contributed by atoms with van der Waals surface area (Å²) in [5, 5.41) is 14.5. The first kappa shape index (κ1) is 46.9. The number of benzene rings is 4. The number of carbonyl (C=O) groups excluding carboxylic acids is 6. The normalized spacial score (nSPS) is 20.8. The third-order valence-corrected chi connectivity index (χ3v) is 11.7. The third kappa shape index (κ3) is 13.2. The number of hydrogen-bond donors (Lipinski definition) is 6. The number of nitrogens with zero attached hydrogens (tertiary/aromatic N) is 1. The van der Waals surface area contributed by atoms with Crippen molar-refractivity contribution in [3.63, 3.8) is 0 Å². The number of carbonyl (C=O) groups is 6. The van der Waals surface area contributed by atoms with Gasteiger partial charge in [0.15, 0.2) is 0 Å². The van der Waals surface area contributed by atoms with E-state index in [9.17, 15) is 28.8 Å². The summed E-state index contributed by atoms with van der Waals surface area (Å²) in [6.07, 6.45) is 3.76. The second-order valence-corrected chi connectivity index (χ2v) is 16.4. The number of fused-ring (bicyclic) bond motifs is 3. The zero-order chi connectivity index (χ0) is 45.3. The molecule has 14 nitrogen and oxygen atoms in total. The molecule has 2 heterocycles. The topological polar surface area (TPSA) is 201 Å². The Bertz CT molecular complexity index is 2280. The SMILES string of the molecule is Cc1ccccc1-c1ccc(C[C@@H]2NC(=O)[C@]3(Cc4ccccc4)CCCN(C3)C(=O)/C=C/C(=O)NCC[C@@H](C(=O)NCCOCCN)NC(=O)Cc3ccccc3CNC2=O)cc1. The molecule has 64 heavy (non-hydrogen) atoms. The van der Waals surface area contributed by atoms with Crippen LogP contribution < -0.4 is 32.3 Å². The van der Waals surface area contributed by atoms with Crippen LogP contribution in [-0.2, 0) is 59.3 Å². The van der Waals surface area contributed by atoms with Gasteiger partial charge in [-0.25, -0.2) is 0 Å². The molecule has 0 unspecified atom stereocenters. The molecule has 0 aromatic heterocycles. The van der Waals surface area contributed by atoms with E-state index in [1.54, 1.807) is 17.0 Å². The number of rotatable bonds is 11. The maximum atomic E-state index is 14.9. The fourth-order valence-corrected chi connectivity index (χ4v) is 8.29. The first-order valence-corrected chi connectivity index (χ1v) is 22.0. The number of ether oxygens (including phenoxy) is 1. The molecule has 0 aliphatic carbocycles. The molecule has 2 aliphatic rings. The summed E-state index contributed by atoms with van der Waals surface area (Å²) < 4.78 is 5.37. The Morgan fingerprint density at radius 2 is 1.56 bits per heavy atom. The Kier molecular flexibility index (Phi) is 17.0. The van der Waals surface area contributed by atoms with Gasteiger partial charge < -0.3 is 42.0 Å². The van der Waals surface area contributed by atoms with Crippen molar-refractivity contribution in [1.82, 2.24) is 31.5 Å². The molecule has 0 saturated carbocycles. The summed E-state index contributed by atoms with van der Waals surface area (Å²) in [5.41, 5.74) is 10.7. The third-order valence-electron chi connectivity index (χ3n) is 11.7. The van der Waals surface area contributed by atoms with Gasteiger partial charge in [-0.3, -0.25) is 28.8 Å². The summed E-state index contributed by atoms with van der Waals surface area (Å²) in [6.45, 7) is 3.67. The first-order chi connectivity index (χ1) is 31.0. The van der Waals surface area contributed by atoms with E-state index >= 15 is 0 Å². The van der Waals surface area contributed by atoms with E-state index < -0.39 is 47.0 Å². The van der Waals surface area contributed by atoms with Gasteiger partial charge in [-0.05, 0) is 71.6 Å². The van der Waals surface area contributed by atoms with Crippen LogP contribution in [0.5, 0.6) is 0 Å². The van der Waals surface area contributed by atoms with Crippen molar-refractivity contribution in [2.45, 2.75) is 64.1 Å². The molecule has 1 fully saturated rings. The average Bonchev–Trinajstić information content (AvgIpc) is 3.30. The highest BCUT2D eigenvalue weighted by Gasteiger charge is 2.44. The molecule has 3 atom stereocenters. The monoisotopic (exact) mass is 869 g/mol. The van der Waals surface area contributed by atoms with Crippen LogP contribution in [0.3, 0.4) is 0 Å². The number of nitrogens with two attached hydrogens (primary N) is 1. The van der Waals surface area contributed by atoms with Crippen molar-refractivity contribution in [2.75, 3.05) is 45.9 Å². The number of amides is 6. The Hall–Kier alpha value is -6.64. The van der Waals surface area contributed by atoms with E-state index in [-0.39, 0.29) is 58.0 Å². The number of piperidine rings is 1.